The van der Waals surface area contributed by atoms with Gasteiger partial charge >= 0.3 is 5.97 Å². The molecule has 0 radical (unpaired) electrons. The number of esters is 1. The highest BCUT2D eigenvalue weighted by Crippen LogP contribution is 2.37. The number of aliphatic hydroxyl groups is 1. The van der Waals surface area contributed by atoms with Crippen molar-refractivity contribution in [3.63, 3.8) is 0 Å². The fraction of sp³-hybridized carbons (Fsp3) is 0.375. The summed E-state index contributed by atoms with van der Waals surface area (Å²) in [4.78, 5) is 14.3. The maximum atomic E-state index is 13.2. The highest BCUT2D eigenvalue weighted by Gasteiger charge is 2.46. The zero-order valence-corrected chi connectivity index (χ0v) is 21.2. The summed E-state index contributed by atoms with van der Waals surface area (Å²) < 4.78 is 12.5. The number of halogens is 1. The van der Waals surface area contributed by atoms with Crippen molar-refractivity contribution in [2.24, 2.45) is 0 Å². The minimum Gasteiger partial charge on any atom is -1.00 e. The van der Waals surface area contributed by atoms with Crippen molar-refractivity contribution in [1.29, 1.82) is 0 Å². The molecule has 1 aliphatic heterocycles. The first-order valence-electron chi connectivity index (χ1n) is 10.5. The van der Waals surface area contributed by atoms with Crippen LogP contribution < -0.4 is 21.7 Å². The summed E-state index contributed by atoms with van der Waals surface area (Å²) in [6, 6.07) is 17.1. The first-order chi connectivity index (χ1) is 15.0. The van der Waals surface area contributed by atoms with E-state index in [9.17, 15) is 9.90 Å². The number of para-hydroxylation sites is 1. The average Bonchev–Trinajstić information content (AvgIpc) is 3.54. The summed E-state index contributed by atoms with van der Waals surface area (Å²) in [6.07, 6.45) is 1.53. The summed E-state index contributed by atoms with van der Waals surface area (Å²) in [5.74, 6) is 0.308. The molecule has 2 atom stereocenters. The Morgan fingerprint density at radius 1 is 1.09 bits per heavy atom. The van der Waals surface area contributed by atoms with Gasteiger partial charge in [0.25, 0.3) is 0 Å². The smallest absolute Gasteiger partial charge is 0.349 e. The zero-order chi connectivity index (χ0) is 21.7. The molecule has 1 saturated heterocycles. The maximum Gasteiger partial charge on any atom is 0.349 e. The minimum atomic E-state index is -1.74. The van der Waals surface area contributed by atoms with Crippen molar-refractivity contribution in [3.05, 3.63) is 75.1 Å². The van der Waals surface area contributed by atoms with Crippen LogP contribution in [-0.4, -0.2) is 55.0 Å². The van der Waals surface area contributed by atoms with Gasteiger partial charge in [-0.05, 0) is 35.0 Å². The van der Waals surface area contributed by atoms with Gasteiger partial charge in [-0.25, -0.2) is 4.79 Å². The largest absolute Gasteiger partial charge is 1.00 e. The molecule has 1 aliphatic rings. The second-order valence-electron chi connectivity index (χ2n) is 8.25. The Bertz CT molecular complexity index is 931. The van der Waals surface area contributed by atoms with Crippen LogP contribution in [-0.2, 0) is 15.1 Å². The lowest BCUT2D eigenvalue weighted by molar-refractivity contribution is -0.899. The summed E-state index contributed by atoms with van der Waals surface area (Å²) in [5.41, 5.74) is -1.74. The first kappa shape index (κ1) is 24.9. The molecule has 1 unspecified atom stereocenters. The number of rotatable bonds is 9. The van der Waals surface area contributed by atoms with E-state index in [1.165, 1.54) is 22.7 Å². The number of ether oxygens (including phenoxy) is 2. The second kappa shape index (κ2) is 10.9. The number of benzene rings is 1. The summed E-state index contributed by atoms with van der Waals surface area (Å²) >= 11 is 2.73. The fourth-order valence-electron chi connectivity index (χ4n) is 4.11. The molecule has 32 heavy (non-hydrogen) atoms. The van der Waals surface area contributed by atoms with Crippen LogP contribution in [0.5, 0.6) is 5.75 Å². The molecular weight excluding hydrogens is 510 g/mol. The third kappa shape index (κ3) is 5.61. The van der Waals surface area contributed by atoms with E-state index in [0.717, 1.165) is 42.7 Å². The SMILES string of the molecule is C[N+]1(CCCOc2ccccc2)CC[C@@H](OC(=O)C(O)(c2cccs2)c2cccs2)C1.[Br-]. The molecule has 1 fully saturated rings. The van der Waals surface area contributed by atoms with Crippen molar-refractivity contribution < 1.29 is 40.8 Å². The molecule has 5 nitrogen and oxygen atoms in total. The van der Waals surface area contributed by atoms with Gasteiger partial charge in [0.15, 0.2) is 6.10 Å². The number of hydrogen-bond donors (Lipinski definition) is 1. The molecule has 1 aromatic carbocycles. The molecule has 8 heteroatoms. The van der Waals surface area contributed by atoms with Gasteiger partial charge in [0.1, 0.15) is 12.3 Å². The second-order valence-corrected chi connectivity index (χ2v) is 10.1. The molecule has 0 saturated carbocycles. The number of thiophene rings is 2. The van der Waals surface area contributed by atoms with Crippen molar-refractivity contribution in [3.8, 4) is 5.75 Å². The highest BCUT2D eigenvalue weighted by molar-refractivity contribution is 7.12. The molecule has 3 aromatic rings. The van der Waals surface area contributed by atoms with Crippen LogP contribution in [0, 0.1) is 0 Å². The molecule has 0 spiro atoms. The van der Waals surface area contributed by atoms with Crippen LogP contribution in [0.25, 0.3) is 0 Å². The standard InChI is InChI=1S/C24H28NO4S2.BrH/c1-25(13-7-15-28-19-8-3-2-4-9-19)14-12-20(18-25)29-23(26)24(27,21-10-5-16-30-21)22-11-6-17-31-22;/h2-6,8-11,16-17,20,27H,7,12-15,18H2,1H3;1H/q+1;/p-1/t20-,25?;/m1./s1. The summed E-state index contributed by atoms with van der Waals surface area (Å²) in [6.45, 7) is 3.32. The van der Waals surface area contributed by atoms with Gasteiger partial charge in [-0.15, -0.1) is 22.7 Å². The Balaban J connectivity index is 0.00000289. The minimum absolute atomic E-state index is 0. The van der Waals surface area contributed by atoms with Crippen LogP contribution in [0.2, 0.25) is 0 Å². The maximum absolute atomic E-state index is 13.2. The highest BCUT2D eigenvalue weighted by atomic mass is 79.9. The molecular formula is C24H28BrNO4S2. The van der Waals surface area contributed by atoms with Gasteiger partial charge in [-0.2, -0.15) is 0 Å². The van der Waals surface area contributed by atoms with Gasteiger partial charge < -0.3 is 36.0 Å². The number of likely N-dealkylation sites (tertiary alicyclic amines) is 1. The van der Waals surface area contributed by atoms with E-state index in [2.05, 4.69) is 7.05 Å². The molecule has 2 aromatic heterocycles. The lowest BCUT2D eigenvalue weighted by Crippen LogP contribution is -3.00. The van der Waals surface area contributed by atoms with E-state index in [0.29, 0.717) is 16.4 Å². The van der Waals surface area contributed by atoms with E-state index in [1.807, 2.05) is 53.2 Å². The van der Waals surface area contributed by atoms with E-state index < -0.39 is 11.6 Å². The third-order valence-corrected chi connectivity index (χ3v) is 7.77. The number of nitrogens with zero attached hydrogens (tertiary/aromatic N) is 1. The van der Waals surface area contributed by atoms with Crippen LogP contribution in [0.1, 0.15) is 22.6 Å². The molecule has 0 aliphatic carbocycles. The number of quaternary nitrogens is 1. The molecule has 0 amide bonds. The van der Waals surface area contributed by atoms with E-state index in [4.69, 9.17) is 9.47 Å². The Kier molecular flexibility index (Phi) is 8.52. The van der Waals surface area contributed by atoms with E-state index in [1.54, 1.807) is 12.1 Å². The number of carbonyl (C=O) groups is 1. The number of hydrogen-bond acceptors (Lipinski definition) is 6. The number of carbonyl (C=O) groups excluding carboxylic acids is 1. The van der Waals surface area contributed by atoms with Gasteiger partial charge in [-0.1, -0.05) is 30.3 Å². The van der Waals surface area contributed by atoms with E-state index >= 15 is 0 Å². The lowest BCUT2D eigenvalue weighted by Gasteiger charge is -2.30. The summed E-state index contributed by atoms with van der Waals surface area (Å²) in [5, 5.41) is 15.1. The van der Waals surface area contributed by atoms with Gasteiger partial charge in [0.2, 0.25) is 5.60 Å². The van der Waals surface area contributed by atoms with Crippen LogP contribution in [0.4, 0.5) is 0 Å². The summed E-state index contributed by atoms with van der Waals surface area (Å²) in [7, 11) is 2.20. The van der Waals surface area contributed by atoms with Crippen molar-refractivity contribution >= 4 is 28.6 Å². The lowest BCUT2D eigenvalue weighted by atomic mass is 10.00. The normalized spacial score (nSPS) is 20.5. The predicted molar refractivity (Wildman–Crippen MR) is 123 cm³/mol. The van der Waals surface area contributed by atoms with Gasteiger partial charge in [-0.3, -0.25) is 0 Å². The Labute approximate surface area is 207 Å². The topological polar surface area (TPSA) is 55.8 Å². The molecule has 0 bridgehead atoms. The van der Waals surface area contributed by atoms with Crippen molar-refractivity contribution in [2.75, 3.05) is 33.3 Å². The van der Waals surface area contributed by atoms with Gasteiger partial charge in [0.05, 0.1) is 36.5 Å². The molecule has 1 N–H and O–H groups in total. The van der Waals surface area contributed by atoms with Crippen molar-refractivity contribution in [2.45, 2.75) is 24.5 Å². The zero-order valence-electron chi connectivity index (χ0n) is 18.0. The van der Waals surface area contributed by atoms with Crippen LogP contribution in [0.15, 0.2) is 65.4 Å². The van der Waals surface area contributed by atoms with Crippen molar-refractivity contribution in [1.82, 2.24) is 0 Å². The Hall–Kier alpha value is -1.71. The quantitative estimate of drug-likeness (QED) is 0.254. The monoisotopic (exact) mass is 537 g/mol. The average molecular weight is 539 g/mol. The fourth-order valence-corrected chi connectivity index (χ4v) is 5.82. The Morgan fingerprint density at radius 3 is 2.34 bits per heavy atom. The van der Waals surface area contributed by atoms with Gasteiger partial charge in [0, 0.05) is 12.8 Å². The van der Waals surface area contributed by atoms with E-state index in [-0.39, 0.29) is 23.1 Å². The third-order valence-electron chi connectivity index (χ3n) is 5.81. The molecule has 3 heterocycles. The molecule has 172 valence electrons. The predicted octanol–water partition coefficient (Wildman–Crippen LogP) is 1.28. The Morgan fingerprint density at radius 2 is 1.75 bits per heavy atom. The van der Waals surface area contributed by atoms with Crippen LogP contribution >= 0.6 is 22.7 Å². The molecule has 4 rings (SSSR count). The van der Waals surface area contributed by atoms with Crippen LogP contribution in [0.3, 0.4) is 0 Å². The first-order valence-corrected chi connectivity index (χ1v) is 12.3. The number of likely N-dealkylation sites (N-methyl/N-ethyl adjacent to an activating group) is 1.